The highest BCUT2D eigenvalue weighted by Gasteiger charge is 2.16. The smallest absolute Gasteiger partial charge is 0.0737 e. The molecule has 0 atom stereocenters. The molecule has 1 fully saturated rings. The summed E-state index contributed by atoms with van der Waals surface area (Å²) in [6.07, 6.45) is 2.94. The molecule has 0 aliphatic carbocycles. The summed E-state index contributed by atoms with van der Waals surface area (Å²) in [7, 11) is 0. The molecule has 0 unspecified atom stereocenters. The molecule has 0 saturated carbocycles. The second-order valence-corrected chi connectivity index (χ2v) is 7.66. The van der Waals surface area contributed by atoms with Crippen LogP contribution >= 0.6 is 11.6 Å². The number of halogens is 1. The number of fused-ring (bicyclic) bond motifs is 1. The Morgan fingerprint density at radius 2 is 1.79 bits per heavy atom. The van der Waals surface area contributed by atoms with E-state index in [4.69, 9.17) is 17.3 Å². The normalized spacial score (nSPS) is 15.1. The van der Waals surface area contributed by atoms with Gasteiger partial charge in [0.25, 0.3) is 0 Å². The average Bonchev–Trinajstić information content (AvgIpc) is 2.72. The fourth-order valence-corrected chi connectivity index (χ4v) is 3.88. The number of nitrogens with one attached hydrogen (secondary N) is 1. The molecular formula is C22H26ClN5. The van der Waals surface area contributed by atoms with Gasteiger partial charge in [0.05, 0.1) is 5.52 Å². The van der Waals surface area contributed by atoms with Gasteiger partial charge in [-0.05, 0) is 61.5 Å². The lowest BCUT2D eigenvalue weighted by molar-refractivity contribution is 0.257. The molecule has 4 rings (SSSR count). The van der Waals surface area contributed by atoms with Crippen LogP contribution in [0.15, 0.2) is 54.7 Å². The van der Waals surface area contributed by atoms with E-state index >= 15 is 0 Å². The van der Waals surface area contributed by atoms with Crippen LogP contribution in [0.1, 0.15) is 6.42 Å². The van der Waals surface area contributed by atoms with Crippen LogP contribution in [0.2, 0.25) is 5.02 Å². The van der Waals surface area contributed by atoms with Crippen molar-refractivity contribution in [1.82, 2.24) is 9.88 Å². The first-order valence-corrected chi connectivity index (χ1v) is 10.2. The molecule has 5 nitrogen and oxygen atoms in total. The first-order chi connectivity index (χ1) is 13.7. The molecule has 1 aromatic heterocycles. The molecule has 0 spiro atoms. The summed E-state index contributed by atoms with van der Waals surface area (Å²) in [5.74, 6) is 0. The largest absolute Gasteiger partial charge is 0.399 e. The zero-order valence-corrected chi connectivity index (χ0v) is 16.7. The Morgan fingerprint density at radius 1 is 1.00 bits per heavy atom. The lowest BCUT2D eigenvalue weighted by Crippen LogP contribution is -2.46. The molecule has 1 saturated heterocycles. The Balaban J connectivity index is 1.23. The zero-order chi connectivity index (χ0) is 19.3. The maximum absolute atomic E-state index is 6.07. The molecule has 0 radical (unpaired) electrons. The van der Waals surface area contributed by atoms with E-state index in [2.05, 4.69) is 32.2 Å². The van der Waals surface area contributed by atoms with Gasteiger partial charge < -0.3 is 16.0 Å². The Labute approximate surface area is 171 Å². The third kappa shape index (κ3) is 4.49. The lowest BCUT2D eigenvalue weighted by Gasteiger charge is -2.36. The van der Waals surface area contributed by atoms with E-state index in [1.807, 2.05) is 42.6 Å². The Hall–Kier alpha value is -2.50. The first kappa shape index (κ1) is 18.8. The minimum atomic E-state index is 0.718. The molecule has 0 bridgehead atoms. The number of nitrogen functional groups attached to an aromatic ring is 1. The monoisotopic (exact) mass is 395 g/mol. The van der Waals surface area contributed by atoms with Gasteiger partial charge in [-0.1, -0.05) is 11.6 Å². The average molecular weight is 396 g/mol. The maximum atomic E-state index is 6.07. The third-order valence-corrected chi connectivity index (χ3v) is 5.54. The molecule has 28 heavy (non-hydrogen) atoms. The number of hydrogen-bond acceptors (Lipinski definition) is 5. The highest BCUT2D eigenvalue weighted by Crippen LogP contribution is 2.24. The maximum Gasteiger partial charge on any atom is 0.0737 e. The lowest BCUT2D eigenvalue weighted by atomic mass is 10.2. The SMILES string of the molecule is Nc1ccc(N2CCN(CCCNc3ccnc4cc(Cl)ccc34)CC2)cc1. The summed E-state index contributed by atoms with van der Waals surface area (Å²) in [6, 6.07) is 16.1. The second-order valence-electron chi connectivity index (χ2n) is 7.22. The van der Waals surface area contributed by atoms with Crippen molar-refractivity contribution in [3.05, 3.63) is 59.8 Å². The summed E-state index contributed by atoms with van der Waals surface area (Å²) in [4.78, 5) is 9.37. The van der Waals surface area contributed by atoms with Crippen molar-refractivity contribution in [2.45, 2.75) is 6.42 Å². The number of aromatic nitrogens is 1. The van der Waals surface area contributed by atoms with Gasteiger partial charge >= 0.3 is 0 Å². The van der Waals surface area contributed by atoms with Crippen molar-refractivity contribution < 1.29 is 0 Å². The van der Waals surface area contributed by atoms with E-state index in [0.29, 0.717) is 0 Å². The Morgan fingerprint density at radius 3 is 2.57 bits per heavy atom. The van der Waals surface area contributed by atoms with E-state index in [9.17, 15) is 0 Å². The molecule has 0 amide bonds. The number of pyridine rings is 1. The fourth-order valence-electron chi connectivity index (χ4n) is 3.72. The van der Waals surface area contributed by atoms with Crippen LogP contribution in [0, 0.1) is 0 Å². The first-order valence-electron chi connectivity index (χ1n) is 9.80. The van der Waals surface area contributed by atoms with E-state index in [1.54, 1.807) is 0 Å². The van der Waals surface area contributed by atoms with Gasteiger partial charge in [-0.15, -0.1) is 0 Å². The standard InChI is InChI=1S/C22H26ClN5/c23-17-2-7-20-21(8-10-26-22(20)16-17)25-9-1-11-27-12-14-28(15-13-27)19-5-3-18(24)4-6-19/h2-8,10,16H,1,9,11-15,24H2,(H,25,26). The van der Waals surface area contributed by atoms with E-state index in [0.717, 1.165) is 73.0 Å². The number of nitrogens with two attached hydrogens (primary N) is 1. The molecule has 2 heterocycles. The van der Waals surface area contributed by atoms with Crippen molar-refractivity contribution in [2.24, 2.45) is 0 Å². The van der Waals surface area contributed by atoms with E-state index in [1.165, 1.54) is 5.69 Å². The van der Waals surface area contributed by atoms with Crippen LogP contribution in [-0.2, 0) is 0 Å². The molecule has 2 aromatic carbocycles. The second kappa shape index (κ2) is 8.67. The number of hydrogen-bond donors (Lipinski definition) is 2. The Kier molecular flexibility index (Phi) is 5.84. The van der Waals surface area contributed by atoms with Crippen molar-refractivity contribution in [3.63, 3.8) is 0 Å². The van der Waals surface area contributed by atoms with Gasteiger partial charge in [0, 0.05) is 66.4 Å². The van der Waals surface area contributed by atoms with Crippen LogP contribution in [-0.4, -0.2) is 49.2 Å². The number of benzene rings is 2. The molecular weight excluding hydrogens is 370 g/mol. The number of nitrogens with zero attached hydrogens (tertiary/aromatic N) is 3. The van der Waals surface area contributed by atoms with Gasteiger partial charge in [-0.2, -0.15) is 0 Å². The van der Waals surface area contributed by atoms with Gasteiger partial charge in [0.1, 0.15) is 0 Å². The molecule has 1 aliphatic rings. The van der Waals surface area contributed by atoms with Crippen molar-refractivity contribution in [3.8, 4) is 0 Å². The van der Waals surface area contributed by atoms with E-state index in [-0.39, 0.29) is 0 Å². The van der Waals surface area contributed by atoms with Crippen LogP contribution in [0.4, 0.5) is 17.1 Å². The van der Waals surface area contributed by atoms with Crippen LogP contribution < -0.4 is 16.0 Å². The third-order valence-electron chi connectivity index (χ3n) is 5.30. The summed E-state index contributed by atoms with van der Waals surface area (Å²) in [5.41, 5.74) is 9.91. The highest BCUT2D eigenvalue weighted by atomic mass is 35.5. The fraction of sp³-hybridized carbons (Fsp3) is 0.318. The van der Waals surface area contributed by atoms with Gasteiger partial charge in [-0.3, -0.25) is 9.88 Å². The van der Waals surface area contributed by atoms with Crippen molar-refractivity contribution >= 4 is 39.6 Å². The minimum Gasteiger partial charge on any atom is -0.399 e. The summed E-state index contributed by atoms with van der Waals surface area (Å²) >= 11 is 6.07. The minimum absolute atomic E-state index is 0.718. The molecule has 3 aromatic rings. The summed E-state index contributed by atoms with van der Waals surface area (Å²) in [6.45, 7) is 6.37. The van der Waals surface area contributed by atoms with Crippen LogP contribution in [0.3, 0.4) is 0 Å². The van der Waals surface area contributed by atoms with Crippen LogP contribution in [0.5, 0.6) is 0 Å². The summed E-state index contributed by atoms with van der Waals surface area (Å²) < 4.78 is 0. The highest BCUT2D eigenvalue weighted by molar-refractivity contribution is 6.31. The zero-order valence-electron chi connectivity index (χ0n) is 15.9. The molecule has 1 aliphatic heterocycles. The molecule has 6 heteroatoms. The molecule has 3 N–H and O–H groups in total. The van der Waals surface area contributed by atoms with Gasteiger partial charge in [-0.25, -0.2) is 0 Å². The van der Waals surface area contributed by atoms with Crippen LogP contribution in [0.25, 0.3) is 10.9 Å². The molecule has 146 valence electrons. The van der Waals surface area contributed by atoms with Crippen molar-refractivity contribution in [1.29, 1.82) is 0 Å². The number of anilines is 3. The summed E-state index contributed by atoms with van der Waals surface area (Å²) in [5, 5.41) is 5.39. The van der Waals surface area contributed by atoms with Gasteiger partial charge in [0.15, 0.2) is 0 Å². The van der Waals surface area contributed by atoms with E-state index < -0.39 is 0 Å². The Bertz CT molecular complexity index is 920. The quantitative estimate of drug-likeness (QED) is 0.486. The predicted octanol–water partition coefficient (Wildman–Crippen LogP) is 4.09. The van der Waals surface area contributed by atoms with Gasteiger partial charge in [0.2, 0.25) is 0 Å². The number of rotatable bonds is 6. The predicted molar refractivity (Wildman–Crippen MR) is 119 cm³/mol. The topological polar surface area (TPSA) is 57.4 Å². The van der Waals surface area contributed by atoms with Crippen molar-refractivity contribution in [2.75, 3.05) is 55.2 Å². The number of piperazine rings is 1.